The van der Waals surface area contributed by atoms with Gasteiger partial charge in [-0.3, -0.25) is 4.79 Å². The summed E-state index contributed by atoms with van der Waals surface area (Å²) in [6.07, 6.45) is 0. The van der Waals surface area contributed by atoms with Gasteiger partial charge in [-0.15, -0.1) is 0 Å². The SMILES string of the molecule is COCC(N)C(=O)N(C)Cc1cc(Br)ccc1F. The highest BCUT2D eigenvalue weighted by Crippen LogP contribution is 2.17. The first kappa shape index (κ1) is 15.1. The number of nitrogens with zero attached hydrogens (tertiary/aromatic N) is 1. The van der Waals surface area contributed by atoms with Crippen LogP contribution in [-0.2, 0) is 16.1 Å². The van der Waals surface area contributed by atoms with Gasteiger partial charge in [-0.25, -0.2) is 4.39 Å². The molecule has 18 heavy (non-hydrogen) atoms. The van der Waals surface area contributed by atoms with Gasteiger partial charge in [-0.1, -0.05) is 15.9 Å². The Kier molecular flexibility index (Phi) is 5.71. The molecule has 1 amide bonds. The van der Waals surface area contributed by atoms with Gasteiger partial charge in [0.15, 0.2) is 0 Å². The highest BCUT2D eigenvalue weighted by atomic mass is 79.9. The van der Waals surface area contributed by atoms with Crippen molar-refractivity contribution in [2.75, 3.05) is 20.8 Å². The fourth-order valence-electron chi connectivity index (χ4n) is 1.53. The van der Waals surface area contributed by atoms with E-state index in [1.54, 1.807) is 19.2 Å². The van der Waals surface area contributed by atoms with Crippen molar-refractivity contribution in [1.29, 1.82) is 0 Å². The van der Waals surface area contributed by atoms with Crippen molar-refractivity contribution in [3.05, 3.63) is 34.1 Å². The number of benzene rings is 1. The average molecular weight is 319 g/mol. The molecule has 1 aromatic carbocycles. The lowest BCUT2D eigenvalue weighted by Gasteiger charge is -2.21. The third-order valence-electron chi connectivity index (χ3n) is 2.45. The van der Waals surface area contributed by atoms with Gasteiger partial charge in [0.1, 0.15) is 11.9 Å². The Morgan fingerprint density at radius 2 is 2.28 bits per heavy atom. The first-order valence-corrected chi connectivity index (χ1v) is 6.18. The van der Waals surface area contributed by atoms with E-state index in [2.05, 4.69) is 15.9 Å². The summed E-state index contributed by atoms with van der Waals surface area (Å²) in [5.41, 5.74) is 6.07. The van der Waals surface area contributed by atoms with Gasteiger partial charge >= 0.3 is 0 Å². The van der Waals surface area contributed by atoms with Crippen molar-refractivity contribution in [3.63, 3.8) is 0 Å². The summed E-state index contributed by atoms with van der Waals surface area (Å²) in [6.45, 7) is 0.311. The molecule has 2 N–H and O–H groups in total. The number of methoxy groups -OCH3 is 1. The van der Waals surface area contributed by atoms with Gasteiger partial charge in [0.05, 0.1) is 6.61 Å². The summed E-state index contributed by atoms with van der Waals surface area (Å²) in [7, 11) is 3.05. The minimum atomic E-state index is -0.727. The van der Waals surface area contributed by atoms with Crippen LogP contribution in [-0.4, -0.2) is 37.6 Å². The van der Waals surface area contributed by atoms with Crippen LogP contribution in [0.5, 0.6) is 0 Å². The average Bonchev–Trinajstić information content (AvgIpc) is 2.33. The number of carbonyl (C=O) groups is 1. The Morgan fingerprint density at radius 1 is 1.61 bits per heavy atom. The number of rotatable bonds is 5. The van der Waals surface area contributed by atoms with Gasteiger partial charge in [-0.2, -0.15) is 0 Å². The zero-order valence-corrected chi connectivity index (χ0v) is 11.9. The van der Waals surface area contributed by atoms with Gasteiger partial charge < -0.3 is 15.4 Å². The topological polar surface area (TPSA) is 55.6 Å². The summed E-state index contributed by atoms with van der Waals surface area (Å²) < 4.78 is 19.1. The second kappa shape index (κ2) is 6.82. The zero-order chi connectivity index (χ0) is 13.7. The lowest BCUT2D eigenvalue weighted by Crippen LogP contribution is -2.44. The summed E-state index contributed by atoms with van der Waals surface area (Å²) in [4.78, 5) is 13.2. The van der Waals surface area contributed by atoms with Crippen LogP contribution in [0.1, 0.15) is 5.56 Å². The van der Waals surface area contributed by atoms with Gasteiger partial charge in [0.2, 0.25) is 5.91 Å². The predicted octanol–water partition coefficient (Wildman–Crippen LogP) is 1.52. The van der Waals surface area contributed by atoms with Crippen molar-refractivity contribution < 1.29 is 13.9 Å². The molecule has 1 rings (SSSR count). The Bertz CT molecular complexity index is 429. The normalized spacial score (nSPS) is 12.3. The first-order valence-electron chi connectivity index (χ1n) is 5.39. The molecule has 0 aliphatic carbocycles. The van der Waals surface area contributed by atoms with Gasteiger partial charge in [-0.05, 0) is 18.2 Å². The summed E-state index contributed by atoms with van der Waals surface area (Å²) in [5.74, 6) is -0.630. The minimum absolute atomic E-state index is 0.143. The molecule has 1 aromatic rings. The Balaban J connectivity index is 2.72. The minimum Gasteiger partial charge on any atom is -0.383 e. The van der Waals surface area contributed by atoms with Crippen LogP contribution in [0.2, 0.25) is 0 Å². The predicted molar refractivity (Wildman–Crippen MR) is 70.4 cm³/mol. The number of hydrogen-bond acceptors (Lipinski definition) is 3. The molecule has 0 heterocycles. The van der Waals surface area contributed by atoms with E-state index >= 15 is 0 Å². The van der Waals surface area contributed by atoms with E-state index in [9.17, 15) is 9.18 Å². The van der Waals surface area contributed by atoms with Gasteiger partial charge in [0, 0.05) is 30.7 Å². The number of hydrogen-bond donors (Lipinski definition) is 1. The fraction of sp³-hybridized carbons (Fsp3) is 0.417. The number of carbonyl (C=O) groups excluding carboxylic acids is 1. The van der Waals surface area contributed by atoms with E-state index < -0.39 is 6.04 Å². The molecule has 0 radical (unpaired) electrons. The van der Waals surface area contributed by atoms with Crippen molar-refractivity contribution in [3.8, 4) is 0 Å². The van der Waals surface area contributed by atoms with E-state index in [-0.39, 0.29) is 24.9 Å². The van der Waals surface area contributed by atoms with E-state index in [1.807, 2.05) is 0 Å². The van der Waals surface area contributed by atoms with Crippen molar-refractivity contribution in [1.82, 2.24) is 4.90 Å². The Morgan fingerprint density at radius 3 is 2.89 bits per heavy atom. The smallest absolute Gasteiger partial charge is 0.241 e. The van der Waals surface area contributed by atoms with Crippen LogP contribution < -0.4 is 5.73 Å². The lowest BCUT2D eigenvalue weighted by molar-refractivity contribution is -0.133. The number of ether oxygens (including phenoxy) is 1. The van der Waals surface area contributed by atoms with Crippen molar-refractivity contribution >= 4 is 21.8 Å². The molecule has 4 nitrogen and oxygen atoms in total. The van der Waals surface area contributed by atoms with E-state index in [0.29, 0.717) is 5.56 Å². The van der Waals surface area contributed by atoms with Crippen LogP contribution in [0.25, 0.3) is 0 Å². The summed E-state index contributed by atoms with van der Waals surface area (Å²) >= 11 is 3.26. The lowest BCUT2D eigenvalue weighted by atomic mass is 10.2. The summed E-state index contributed by atoms with van der Waals surface area (Å²) in [5, 5.41) is 0. The molecule has 0 saturated carbocycles. The second-order valence-corrected chi connectivity index (χ2v) is 4.91. The van der Waals surface area contributed by atoms with Crippen molar-refractivity contribution in [2.45, 2.75) is 12.6 Å². The number of nitrogens with two attached hydrogens (primary N) is 1. The number of likely N-dealkylation sites (N-methyl/N-ethyl adjacent to an activating group) is 1. The maximum atomic E-state index is 13.5. The zero-order valence-electron chi connectivity index (χ0n) is 10.3. The van der Waals surface area contributed by atoms with E-state index in [4.69, 9.17) is 10.5 Å². The third-order valence-corrected chi connectivity index (χ3v) is 2.95. The van der Waals surface area contributed by atoms with E-state index in [0.717, 1.165) is 4.47 Å². The quantitative estimate of drug-likeness (QED) is 0.895. The van der Waals surface area contributed by atoms with Crippen LogP contribution in [0.4, 0.5) is 4.39 Å². The Labute approximate surface area is 114 Å². The molecule has 0 aliphatic rings. The standard InChI is InChI=1S/C12H16BrFN2O2/c1-16(12(17)11(15)7-18-2)6-8-5-9(13)3-4-10(8)14/h3-5,11H,6-7,15H2,1-2H3. The maximum absolute atomic E-state index is 13.5. The highest BCUT2D eigenvalue weighted by molar-refractivity contribution is 9.10. The molecule has 0 bridgehead atoms. The third kappa shape index (κ3) is 4.04. The van der Waals surface area contributed by atoms with Crippen LogP contribution >= 0.6 is 15.9 Å². The van der Waals surface area contributed by atoms with Crippen LogP contribution in [0.3, 0.4) is 0 Å². The molecule has 0 saturated heterocycles. The second-order valence-electron chi connectivity index (χ2n) is 3.99. The molecule has 0 fully saturated rings. The van der Waals surface area contributed by atoms with E-state index in [1.165, 1.54) is 18.1 Å². The molecule has 0 aliphatic heterocycles. The number of halogens is 2. The maximum Gasteiger partial charge on any atom is 0.241 e. The van der Waals surface area contributed by atoms with Gasteiger partial charge in [0.25, 0.3) is 0 Å². The molecular weight excluding hydrogens is 303 g/mol. The molecule has 100 valence electrons. The molecule has 6 heteroatoms. The highest BCUT2D eigenvalue weighted by Gasteiger charge is 2.18. The largest absolute Gasteiger partial charge is 0.383 e. The van der Waals surface area contributed by atoms with Crippen molar-refractivity contribution in [2.24, 2.45) is 5.73 Å². The summed E-state index contributed by atoms with van der Waals surface area (Å²) in [6, 6.07) is 3.88. The molecule has 0 aromatic heterocycles. The molecular formula is C12H16BrFN2O2. The molecule has 0 spiro atoms. The van der Waals surface area contributed by atoms with Crippen LogP contribution in [0.15, 0.2) is 22.7 Å². The monoisotopic (exact) mass is 318 g/mol. The fourth-order valence-corrected chi connectivity index (χ4v) is 1.94. The molecule has 1 atom stereocenters. The van der Waals surface area contributed by atoms with Crippen LogP contribution in [0, 0.1) is 5.82 Å². The number of amides is 1. The Hall–Kier alpha value is -0.980. The first-order chi connectivity index (χ1) is 8.45. The molecule has 1 unspecified atom stereocenters.